The minimum atomic E-state index is -0.590. The number of anilines is 3. The lowest BCUT2D eigenvalue weighted by atomic mass is 9.64. The molecule has 0 unspecified atom stereocenters. The number of aromatic nitrogens is 4. The van der Waals surface area contributed by atoms with Crippen molar-refractivity contribution >= 4 is 38.7 Å². The summed E-state index contributed by atoms with van der Waals surface area (Å²) in [4.78, 5) is 23.2. The molecule has 2 aromatic heterocycles. The minimum absolute atomic E-state index is 0.590. The normalized spacial score (nSPS) is 13.1. The molecule has 0 amide bonds. The van der Waals surface area contributed by atoms with Gasteiger partial charge in [-0.2, -0.15) is 0 Å². The van der Waals surface area contributed by atoms with Gasteiger partial charge in [-0.25, -0.2) is 19.9 Å². The number of nitrogens with zero attached hydrogens (tertiary/aromatic N) is 5. The van der Waals surface area contributed by atoms with E-state index in [0.29, 0.717) is 17.5 Å². The second kappa shape index (κ2) is 14.3. The van der Waals surface area contributed by atoms with Crippen LogP contribution in [0.2, 0.25) is 0 Å². The molecule has 9 aromatic carbocycles. The van der Waals surface area contributed by atoms with E-state index in [1.165, 1.54) is 50.1 Å². The molecular weight excluding hydrogens is 779 g/mol. The van der Waals surface area contributed by atoms with Crippen LogP contribution in [0.25, 0.3) is 78.2 Å². The average molecular weight is 816 g/mol. The molecule has 0 saturated carbocycles. The third-order valence-corrected chi connectivity index (χ3v) is 13.1. The van der Waals surface area contributed by atoms with E-state index in [0.717, 1.165) is 49.9 Å². The average Bonchev–Trinajstić information content (AvgIpc) is 3.67. The van der Waals surface area contributed by atoms with Crippen molar-refractivity contribution in [2.24, 2.45) is 0 Å². The van der Waals surface area contributed by atoms with E-state index < -0.39 is 5.41 Å². The van der Waals surface area contributed by atoms with E-state index in [-0.39, 0.29) is 0 Å². The van der Waals surface area contributed by atoms with Crippen molar-refractivity contribution in [1.82, 2.24) is 19.9 Å². The maximum Gasteiger partial charge on any atom is 0.164 e. The third-order valence-electron chi connectivity index (χ3n) is 13.1. The molecular formula is C59H37N5. The standard InChI is InChI=1S/C59H37N5/c1-5-19-38(20-6-1)55-45-35-36-49-54(43-27-13-14-28-46(43)59(49)47-29-15-17-31-51(47)64(42-25-11-4-12-26-42)52-32-18-16-30-48(52)59)53(45)44-34-33-41(37-50(44)60-55)58-62-56(39-21-7-2-8-22-39)61-57(63-58)40-23-9-3-10-24-40/h1-37H. The van der Waals surface area contributed by atoms with Gasteiger partial charge < -0.3 is 4.90 Å². The Morgan fingerprint density at radius 3 is 1.44 bits per heavy atom. The zero-order chi connectivity index (χ0) is 42.2. The summed E-state index contributed by atoms with van der Waals surface area (Å²) in [6, 6.07) is 79.9. The van der Waals surface area contributed by atoms with Crippen LogP contribution in [0.5, 0.6) is 0 Å². The molecule has 0 N–H and O–H groups in total. The Morgan fingerprint density at radius 2 is 0.828 bits per heavy atom. The smallest absolute Gasteiger partial charge is 0.164 e. The third kappa shape index (κ3) is 5.31. The van der Waals surface area contributed by atoms with Crippen molar-refractivity contribution in [2.45, 2.75) is 5.41 Å². The highest BCUT2D eigenvalue weighted by Crippen LogP contribution is 2.64. The fourth-order valence-electron chi connectivity index (χ4n) is 10.4. The van der Waals surface area contributed by atoms with E-state index in [9.17, 15) is 0 Å². The molecule has 0 atom stereocenters. The molecule has 5 nitrogen and oxygen atoms in total. The predicted molar refractivity (Wildman–Crippen MR) is 260 cm³/mol. The summed E-state index contributed by atoms with van der Waals surface area (Å²) < 4.78 is 0. The van der Waals surface area contributed by atoms with Crippen molar-refractivity contribution in [2.75, 3.05) is 4.90 Å². The summed E-state index contributed by atoms with van der Waals surface area (Å²) in [6.45, 7) is 0. The van der Waals surface area contributed by atoms with E-state index in [4.69, 9.17) is 19.9 Å². The zero-order valence-electron chi connectivity index (χ0n) is 34.6. The Labute approximate surface area is 370 Å². The van der Waals surface area contributed by atoms with Crippen molar-refractivity contribution in [3.8, 4) is 56.5 Å². The predicted octanol–water partition coefficient (Wildman–Crippen LogP) is 14.4. The quantitative estimate of drug-likeness (QED) is 0.162. The first-order valence-electron chi connectivity index (χ1n) is 21.7. The van der Waals surface area contributed by atoms with Gasteiger partial charge in [0.15, 0.2) is 17.5 Å². The van der Waals surface area contributed by atoms with Crippen LogP contribution in [0, 0.1) is 0 Å². The van der Waals surface area contributed by atoms with Gasteiger partial charge in [-0.05, 0) is 63.7 Å². The van der Waals surface area contributed by atoms with Gasteiger partial charge in [0.2, 0.25) is 0 Å². The molecule has 13 rings (SSSR count). The second-order valence-corrected chi connectivity index (χ2v) is 16.5. The highest BCUT2D eigenvalue weighted by atomic mass is 15.2. The maximum absolute atomic E-state index is 5.54. The molecule has 0 radical (unpaired) electrons. The Hall–Kier alpha value is -8.54. The first-order valence-corrected chi connectivity index (χ1v) is 21.7. The Morgan fingerprint density at radius 1 is 0.344 bits per heavy atom. The highest BCUT2D eigenvalue weighted by molar-refractivity contribution is 6.20. The van der Waals surface area contributed by atoms with Gasteiger partial charge >= 0.3 is 0 Å². The number of hydrogen-bond acceptors (Lipinski definition) is 5. The Kier molecular flexibility index (Phi) is 8.06. The molecule has 1 aliphatic heterocycles. The topological polar surface area (TPSA) is 54.8 Å². The fraction of sp³-hybridized carbons (Fsp3) is 0.0169. The summed E-state index contributed by atoms with van der Waals surface area (Å²) in [7, 11) is 0. The number of pyridine rings is 1. The second-order valence-electron chi connectivity index (χ2n) is 16.5. The molecule has 64 heavy (non-hydrogen) atoms. The van der Waals surface area contributed by atoms with Crippen LogP contribution >= 0.6 is 0 Å². The van der Waals surface area contributed by atoms with Gasteiger partial charge in [0.1, 0.15) is 0 Å². The first-order chi connectivity index (χ1) is 31.8. The van der Waals surface area contributed by atoms with Crippen molar-refractivity contribution in [3.05, 3.63) is 247 Å². The molecule has 2 aliphatic rings. The van der Waals surface area contributed by atoms with E-state index >= 15 is 0 Å². The van der Waals surface area contributed by atoms with Crippen molar-refractivity contribution in [1.29, 1.82) is 0 Å². The van der Waals surface area contributed by atoms with Gasteiger partial charge in [-0.1, -0.05) is 194 Å². The largest absolute Gasteiger partial charge is 0.310 e. The monoisotopic (exact) mass is 815 g/mol. The molecule has 3 heterocycles. The van der Waals surface area contributed by atoms with E-state index in [1.807, 2.05) is 60.7 Å². The minimum Gasteiger partial charge on any atom is -0.310 e. The first kappa shape index (κ1) is 36.1. The Balaban J connectivity index is 1.11. The summed E-state index contributed by atoms with van der Waals surface area (Å²) in [5, 5.41) is 3.37. The van der Waals surface area contributed by atoms with E-state index in [1.54, 1.807) is 0 Å². The number of benzene rings is 9. The molecule has 1 aliphatic carbocycles. The lowest BCUT2D eigenvalue weighted by Gasteiger charge is -2.45. The molecule has 5 heteroatoms. The molecule has 0 bridgehead atoms. The SMILES string of the molecule is c1ccc(-c2nc(-c3ccccc3)nc(-c3ccc4c(c3)nc(-c3ccccc3)c3ccc5c(c34)-c3ccccc3C53c4ccccc4N(c4ccccc4)c4ccccc43)n2)cc1. The van der Waals surface area contributed by atoms with Gasteiger partial charge in [0.25, 0.3) is 0 Å². The fourth-order valence-corrected chi connectivity index (χ4v) is 10.4. The van der Waals surface area contributed by atoms with Crippen LogP contribution in [0.3, 0.4) is 0 Å². The lowest BCUT2D eigenvalue weighted by Crippen LogP contribution is -2.36. The zero-order valence-corrected chi connectivity index (χ0v) is 34.6. The van der Waals surface area contributed by atoms with Crippen LogP contribution in [0.1, 0.15) is 22.3 Å². The molecule has 0 fully saturated rings. The van der Waals surface area contributed by atoms with Crippen LogP contribution in [0.4, 0.5) is 17.1 Å². The van der Waals surface area contributed by atoms with Crippen molar-refractivity contribution in [3.63, 3.8) is 0 Å². The van der Waals surface area contributed by atoms with Crippen LogP contribution in [-0.4, -0.2) is 19.9 Å². The highest BCUT2D eigenvalue weighted by Gasteiger charge is 2.52. The molecule has 298 valence electrons. The summed E-state index contributed by atoms with van der Waals surface area (Å²) in [6.07, 6.45) is 0. The summed E-state index contributed by atoms with van der Waals surface area (Å²) >= 11 is 0. The molecule has 11 aromatic rings. The lowest BCUT2D eigenvalue weighted by molar-refractivity contribution is 0.753. The number of fused-ring (bicyclic) bond motifs is 13. The molecule has 1 spiro atoms. The summed E-state index contributed by atoms with van der Waals surface area (Å²) in [5.74, 6) is 1.85. The van der Waals surface area contributed by atoms with Crippen LogP contribution < -0.4 is 4.90 Å². The van der Waals surface area contributed by atoms with Gasteiger partial charge in [-0.15, -0.1) is 0 Å². The van der Waals surface area contributed by atoms with E-state index in [2.05, 4.69) is 169 Å². The maximum atomic E-state index is 5.54. The van der Waals surface area contributed by atoms with Gasteiger partial charge in [-0.3, -0.25) is 0 Å². The summed E-state index contributed by atoms with van der Waals surface area (Å²) in [5.41, 5.74) is 16.0. The van der Waals surface area contributed by atoms with Gasteiger partial charge in [0.05, 0.1) is 28.0 Å². The number of hydrogen-bond donors (Lipinski definition) is 0. The number of para-hydroxylation sites is 3. The Bertz CT molecular complexity index is 3500. The van der Waals surface area contributed by atoms with Crippen molar-refractivity contribution < 1.29 is 0 Å². The molecule has 0 saturated heterocycles. The van der Waals surface area contributed by atoms with Crippen LogP contribution in [0.15, 0.2) is 224 Å². The van der Waals surface area contributed by atoms with Crippen LogP contribution in [-0.2, 0) is 5.41 Å². The number of rotatable bonds is 5. The van der Waals surface area contributed by atoms with Gasteiger partial charge in [0, 0.05) is 44.1 Å².